The average Bonchev–Trinajstić information content (AvgIpc) is 3.05. The van der Waals surface area contributed by atoms with Crippen molar-refractivity contribution in [3.8, 4) is 5.88 Å². The Morgan fingerprint density at radius 3 is 2.73 bits per heavy atom. The zero-order chi connectivity index (χ0) is 18.4. The van der Waals surface area contributed by atoms with E-state index in [1.807, 2.05) is 25.1 Å². The maximum atomic E-state index is 10.9. The number of aromatic hydroxyl groups is 1. The summed E-state index contributed by atoms with van der Waals surface area (Å²) in [6.07, 6.45) is 0.309. The number of nitrogens with zero attached hydrogens (tertiary/aromatic N) is 3. The van der Waals surface area contributed by atoms with Gasteiger partial charge in [0.15, 0.2) is 6.04 Å². The molecule has 0 spiro atoms. The summed E-state index contributed by atoms with van der Waals surface area (Å²) in [6, 6.07) is 7.82. The summed E-state index contributed by atoms with van der Waals surface area (Å²) in [7, 11) is 0. The summed E-state index contributed by atoms with van der Waals surface area (Å²) >= 11 is 7.75. The Balaban J connectivity index is 1.84. The van der Waals surface area contributed by atoms with E-state index in [1.165, 1.54) is 20.8 Å². The first-order chi connectivity index (χ1) is 12.4. The first kappa shape index (κ1) is 17.7. The monoisotopic (exact) mass is 393 g/mol. The Morgan fingerprint density at radius 2 is 2.08 bits per heavy atom. The third kappa shape index (κ3) is 3.20. The molecule has 1 saturated heterocycles. The summed E-state index contributed by atoms with van der Waals surface area (Å²) in [6.45, 7) is 7.72. The molecule has 1 aliphatic heterocycles. The standard InChI is InChI=1S/C18H21ClN4O2S/c1-10-8-22(9-11(2)25-10)15(13-5-4-6-14(19)7-13)16-17(24)23-18(26-16)20-12(3)21-23/h4-7,10-11,15,24H,8-9H2,1-3H3/p+1/t10-,11+,15-/m1/s1. The number of nitrogens with one attached hydrogen (secondary N) is 1. The van der Waals surface area contributed by atoms with Crippen LogP contribution >= 0.6 is 22.9 Å². The van der Waals surface area contributed by atoms with Gasteiger partial charge < -0.3 is 14.7 Å². The smallest absolute Gasteiger partial charge is 0.235 e. The van der Waals surface area contributed by atoms with Crippen LogP contribution in [0.25, 0.3) is 4.96 Å². The molecule has 4 atom stereocenters. The van der Waals surface area contributed by atoms with E-state index in [9.17, 15) is 5.11 Å². The van der Waals surface area contributed by atoms with Gasteiger partial charge in [0.25, 0.3) is 0 Å². The molecule has 0 aliphatic carbocycles. The van der Waals surface area contributed by atoms with E-state index < -0.39 is 0 Å². The quantitative estimate of drug-likeness (QED) is 0.716. The van der Waals surface area contributed by atoms with Crippen LogP contribution in [0.4, 0.5) is 0 Å². The minimum absolute atomic E-state index is 0.0451. The minimum atomic E-state index is -0.0451. The summed E-state index contributed by atoms with van der Waals surface area (Å²) in [4.78, 5) is 7.32. The lowest BCUT2D eigenvalue weighted by Crippen LogP contribution is -3.15. The van der Waals surface area contributed by atoms with Gasteiger partial charge in [-0.1, -0.05) is 35.1 Å². The van der Waals surface area contributed by atoms with E-state index in [1.54, 1.807) is 0 Å². The van der Waals surface area contributed by atoms with Crippen molar-refractivity contribution in [2.75, 3.05) is 13.1 Å². The van der Waals surface area contributed by atoms with E-state index in [0.717, 1.165) is 23.5 Å². The molecular formula is C18H22ClN4O2S+. The van der Waals surface area contributed by atoms with E-state index in [0.29, 0.717) is 15.8 Å². The summed E-state index contributed by atoms with van der Waals surface area (Å²) in [5.41, 5.74) is 1.07. The highest BCUT2D eigenvalue weighted by Crippen LogP contribution is 2.35. The molecular weight excluding hydrogens is 372 g/mol. The molecule has 2 aromatic heterocycles. The molecule has 1 unspecified atom stereocenters. The van der Waals surface area contributed by atoms with Crippen LogP contribution in [0.2, 0.25) is 5.02 Å². The predicted octanol–water partition coefficient (Wildman–Crippen LogP) is 2.24. The molecule has 0 bridgehead atoms. The maximum Gasteiger partial charge on any atom is 0.235 e. The molecule has 0 radical (unpaired) electrons. The Labute approximate surface area is 161 Å². The molecule has 1 aromatic carbocycles. The van der Waals surface area contributed by atoms with Crippen molar-refractivity contribution in [1.29, 1.82) is 0 Å². The van der Waals surface area contributed by atoms with Crippen LogP contribution in [-0.2, 0) is 4.74 Å². The Bertz CT molecular complexity index is 931. The second kappa shape index (κ2) is 6.81. The average molecular weight is 394 g/mol. The largest absolute Gasteiger partial charge is 0.492 e. The molecule has 8 heteroatoms. The zero-order valence-electron chi connectivity index (χ0n) is 14.9. The third-order valence-electron chi connectivity index (χ3n) is 4.72. The van der Waals surface area contributed by atoms with Gasteiger partial charge in [-0.3, -0.25) is 0 Å². The Morgan fingerprint density at radius 1 is 1.35 bits per heavy atom. The fourth-order valence-electron chi connectivity index (χ4n) is 3.84. The van der Waals surface area contributed by atoms with Crippen LogP contribution in [0.5, 0.6) is 5.88 Å². The SMILES string of the molecule is Cc1nc2sc([C@@H](c3cccc(Cl)c3)[NH+]3C[C@@H](C)O[C@@H](C)C3)c(O)n2n1. The number of fused-ring (bicyclic) bond motifs is 1. The lowest BCUT2D eigenvalue weighted by molar-refractivity contribution is -0.939. The van der Waals surface area contributed by atoms with Crippen molar-refractivity contribution >= 4 is 27.9 Å². The zero-order valence-corrected chi connectivity index (χ0v) is 16.5. The van der Waals surface area contributed by atoms with Crippen LogP contribution in [0.1, 0.15) is 36.2 Å². The van der Waals surface area contributed by atoms with Gasteiger partial charge in [-0.15, -0.1) is 5.10 Å². The number of thiazole rings is 1. The second-order valence-electron chi connectivity index (χ2n) is 6.96. The van der Waals surface area contributed by atoms with Crippen molar-refractivity contribution in [1.82, 2.24) is 14.6 Å². The van der Waals surface area contributed by atoms with Crippen molar-refractivity contribution in [2.45, 2.75) is 39.0 Å². The molecule has 1 aliphatic rings. The van der Waals surface area contributed by atoms with Crippen molar-refractivity contribution in [2.24, 2.45) is 0 Å². The fourth-order valence-corrected chi connectivity index (χ4v) is 5.23. The maximum absolute atomic E-state index is 10.9. The van der Waals surface area contributed by atoms with Gasteiger partial charge in [0.2, 0.25) is 10.8 Å². The van der Waals surface area contributed by atoms with E-state index in [4.69, 9.17) is 16.3 Å². The number of quaternary nitrogens is 1. The van der Waals surface area contributed by atoms with Gasteiger partial charge in [0.05, 0.1) is 0 Å². The molecule has 138 valence electrons. The molecule has 3 aromatic rings. The topological polar surface area (TPSA) is 64.1 Å². The summed E-state index contributed by atoms with van der Waals surface area (Å²) in [5, 5.41) is 15.9. The van der Waals surface area contributed by atoms with Crippen LogP contribution in [-0.4, -0.2) is 45.0 Å². The highest BCUT2D eigenvalue weighted by molar-refractivity contribution is 7.17. The van der Waals surface area contributed by atoms with Crippen molar-refractivity contribution in [3.05, 3.63) is 45.6 Å². The highest BCUT2D eigenvalue weighted by atomic mass is 35.5. The van der Waals surface area contributed by atoms with Gasteiger partial charge in [-0.25, -0.2) is 4.98 Å². The van der Waals surface area contributed by atoms with Crippen LogP contribution in [0.15, 0.2) is 24.3 Å². The van der Waals surface area contributed by atoms with Gasteiger partial charge in [-0.2, -0.15) is 4.52 Å². The van der Waals surface area contributed by atoms with Crippen molar-refractivity contribution in [3.63, 3.8) is 0 Å². The minimum Gasteiger partial charge on any atom is -0.492 e. The number of aromatic nitrogens is 3. The molecule has 4 rings (SSSR count). The lowest BCUT2D eigenvalue weighted by atomic mass is 10.0. The Hall–Kier alpha value is -1.67. The van der Waals surface area contributed by atoms with Crippen LogP contribution in [0.3, 0.4) is 0 Å². The predicted molar refractivity (Wildman–Crippen MR) is 101 cm³/mol. The summed E-state index contributed by atoms with van der Waals surface area (Å²) in [5.74, 6) is 0.813. The van der Waals surface area contributed by atoms with Gasteiger partial charge in [-0.05, 0) is 32.9 Å². The number of morpholine rings is 1. The number of halogens is 1. The van der Waals surface area contributed by atoms with E-state index in [2.05, 4.69) is 30.0 Å². The Kier molecular flexibility index (Phi) is 4.64. The lowest BCUT2D eigenvalue weighted by Gasteiger charge is -2.37. The first-order valence-electron chi connectivity index (χ1n) is 8.73. The van der Waals surface area contributed by atoms with Gasteiger partial charge in [0.1, 0.15) is 36.0 Å². The second-order valence-corrected chi connectivity index (χ2v) is 8.40. The van der Waals surface area contributed by atoms with E-state index in [-0.39, 0.29) is 24.1 Å². The van der Waals surface area contributed by atoms with Gasteiger partial charge in [0, 0.05) is 10.6 Å². The normalized spacial score (nSPS) is 24.8. The van der Waals surface area contributed by atoms with Crippen LogP contribution < -0.4 is 4.90 Å². The summed E-state index contributed by atoms with van der Waals surface area (Å²) < 4.78 is 7.44. The molecule has 1 fully saturated rings. The molecule has 26 heavy (non-hydrogen) atoms. The number of hydrogen-bond acceptors (Lipinski definition) is 5. The van der Waals surface area contributed by atoms with E-state index >= 15 is 0 Å². The first-order valence-corrected chi connectivity index (χ1v) is 9.92. The molecule has 2 N–H and O–H groups in total. The third-order valence-corrected chi connectivity index (χ3v) is 6.04. The molecule has 0 amide bonds. The number of benzene rings is 1. The highest BCUT2D eigenvalue weighted by Gasteiger charge is 2.37. The molecule has 3 heterocycles. The number of rotatable bonds is 3. The molecule has 6 nitrogen and oxygen atoms in total. The van der Waals surface area contributed by atoms with Crippen molar-refractivity contribution < 1.29 is 14.7 Å². The number of hydrogen-bond donors (Lipinski definition) is 2. The van der Waals surface area contributed by atoms with Crippen LogP contribution in [0, 0.1) is 6.92 Å². The number of aryl methyl sites for hydroxylation is 1. The number of ether oxygens (including phenoxy) is 1. The fraction of sp³-hybridized carbons (Fsp3) is 0.444. The molecule has 0 saturated carbocycles. The van der Waals surface area contributed by atoms with Gasteiger partial charge >= 0.3 is 0 Å².